The lowest BCUT2D eigenvalue weighted by Crippen LogP contribution is -2.56. The fraction of sp³-hybridized carbons (Fsp3) is 0.429. The second-order valence-corrected chi connectivity index (χ2v) is 6.74. The molecule has 0 saturated carbocycles. The number of nitrogens with zero attached hydrogens (tertiary/aromatic N) is 2. The summed E-state index contributed by atoms with van der Waals surface area (Å²) in [5.41, 5.74) is 0.361. The number of amidine groups is 1. The summed E-state index contributed by atoms with van der Waals surface area (Å²) >= 11 is 0. The molecular formula is C21H24FN3O3. The first kappa shape index (κ1) is 19.9. The highest BCUT2D eigenvalue weighted by molar-refractivity contribution is 6.48. The van der Waals surface area contributed by atoms with Crippen LogP contribution in [0.3, 0.4) is 0 Å². The van der Waals surface area contributed by atoms with Crippen molar-refractivity contribution in [2.45, 2.75) is 38.6 Å². The van der Waals surface area contributed by atoms with Gasteiger partial charge in [0.25, 0.3) is 0 Å². The molecule has 7 heteroatoms. The summed E-state index contributed by atoms with van der Waals surface area (Å²) in [6, 6.07) is 4.70. The lowest BCUT2D eigenvalue weighted by atomic mass is 9.77. The summed E-state index contributed by atoms with van der Waals surface area (Å²) in [5.74, 6) is -2.40. The van der Waals surface area contributed by atoms with Gasteiger partial charge in [-0.3, -0.25) is 19.6 Å². The van der Waals surface area contributed by atoms with Gasteiger partial charge in [-0.1, -0.05) is 25.1 Å². The number of hydrogen-bond acceptors (Lipinski definition) is 5. The van der Waals surface area contributed by atoms with Gasteiger partial charge in [0.1, 0.15) is 11.4 Å². The van der Waals surface area contributed by atoms with Gasteiger partial charge in [-0.05, 0) is 49.5 Å². The summed E-state index contributed by atoms with van der Waals surface area (Å²) in [6.45, 7) is 3.81. The van der Waals surface area contributed by atoms with Crippen LogP contribution in [0.15, 0.2) is 40.3 Å². The minimum atomic E-state index is -1.20. The standard InChI is InChI=1S/C21H24FN3O3/c1-4-6-10-16(23-3)18-24-19(26)17(20(27)28-5-2)21(25-18)12-11-13-14(21)8-7-9-15(13)22/h6-10,17H,4-5,11-12H2,1-3H3,(H,24,25,26)/b10-6-,23-16?. The monoisotopic (exact) mass is 385 g/mol. The molecule has 2 unspecified atom stereocenters. The molecule has 3 rings (SSSR count). The van der Waals surface area contributed by atoms with Gasteiger partial charge in [0, 0.05) is 7.05 Å². The van der Waals surface area contributed by atoms with E-state index in [1.807, 2.05) is 13.0 Å². The van der Waals surface area contributed by atoms with Gasteiger partial charge in [-0.25, -0.2) is 4.39 Å². The van der Waals surface area contributed by atoms with E-state index in [0.717, 1.165) is 6.42 Å². The molecule has 1 aromatic carbocycles. The molecule has 6 nitrogen and oxygen atoms in total. The van der Waals surface area contributed by atoms with E-state index in [1.54, 1.807) is 32.2 Å². The molecule has 148 valence electrons. The SMILES string of the molecule is CC/C=C\C(=NC)C1=NC2(CCc3c(F)cccc32)C(C(=O)OCC)C(=O)N1. The van der Waals surface area contributed by atoms with Crippen LogP contribution in [0.5, 0.6) is 0 Å². The summed E-state index contributed by atoms with van der Waals surface area (Å²) in [7, 11) is 1.61. The van der Waals surface area contributed by atoms with E-state index < -0.39 is 23.3 Å². The van der Waals surface area contributed by atoms with Crippen molar-refractivity contribution in [1.82, 2.24) is 5.32 Å². The maximum Gasteiger partial charge on any atom is 0.321 e. The maximum atomic E-state index is 14.4. The average molecular weight is 385 g/mol. The van der Waals surface area contributed by atoms with Crippen LogP contribution in [0, 0.1) is 11.7 Å². The molecule has 1 amide bonds. The van der Waals surface area contributed by atoms with Crippen molar-refractivity contribution in [3.05, 3.63) is 47.3 Å². The molecule has 2 atom stereocenters. The Morgan fingerprint density at radius 3 is 2.93 bits per heavy atom. The second kappa shape index (κ2) is 8.04. The van der Waals surface area contributed by atoms with Crippen LogP contribution in [-0.2, 0) is 26.3 Å². The van der Waals surface area contributed by atoms with Crippen LogP contribution in [0.25, 0.3) is 0 Å². The fourth-order valence-corrected chi connectivity index (χ4v) is 3.92. The predicted molar refractivity (Wildman–Crippen MR) is 105 cm³/mol. The van der Waals surface area contributed by atoms with Crippen LogP contribution in [0.2, 0.25) is 0 Å². The first-order chi connectivity index (χ1) is 13.5. The molecule has 1 heterocycles. The van der Waals surface area contributed by atoms with E-state index >= 15 is 0 Å². The van der Waals surface area contributed by atoms with Crippen molar-refractivity contribution in [2.75, 3.05) is 13.7 Å². The number of aliphatic imine (C=N–C) groups is 2. The Balaban J connectivity index is 2.20. The maximum absolute atomic E-state index is 14.4. The Labute approximate surface area is 163 Å². The number of carbonyl (C=O) groups is 2. The summed E-state index contributed by atoms with van der Waals surface area (Å²) in [4.78, 5) is 34.7. The molecule has 1 aromatic rings. The van der Waals surface area contributed by atoms with Gasteiger partial charge >= 0.3 is 5.97 Å². The molecule has 0 radical (unpaired) electrons. The Morgan fingerprint density at radius 1 is 1.46 bits per heavy atom. The zero-order chi connectivity index (χ0) is 20.3. The minimum absolute atomic E-state index is 0.145. The largest absolute Gasteiger partial charge is 0.465 e. The number of ether oxygens (including phenoxy) is 1. The third-order valence-corrected chi connectivity index (χ3v) is 5.15. The van der Waals surface area contributed by atoms with E-state index in [9.17, 15) is 14.0 Å². The molecule has 1 spiro atoms. The smallest absolute Gasteiger partial charge is 0.321 e. The fourth-order valence-electron chi connectivity index (χ4n) is 3.92. The summed E-state index contributed by atoms with van der Waals surface area (Å²) in [6.07, 6.45) is 5.22. The molecular weight excluding hydrogens is 361 g/mol. The third kappa shape index (κ3) is 3.25. The predicted octanol–water partition coefficient (Wildman–Crippen LogP) is 2.71. The zero-order valence-corrected chi connectivity index (χ0v) is 16.3. The highest BCUT2D eigenvalue weighted by atomic mass is 19.1. The molecule has 1 aliphatic carbocycles. The molecule has 0 fully saturated rings. The van der Waals surface area contributed by atoms with Crippen molar-refractivity contribution < 1.29 is 18.7 Å². The average Bonchev–Trinajstić information content (AvgIpc) is 3.02. The van der Waals surface area contributed by atoms with E-state index in [4.69, 9.17) is 9.73 Å². The number of fused-ring (bicyclic) bond motifs is 2. The van der Waals surface area contributed by atoms with Gasteiger partial charge in [0.15, 0.2) is 11.8 Å². The Hall–Kier alpha value is -2.83. The van der Waals surface area contributed by atoms with Crippen molar-refractivity contribution in [3.63, 3.8) is 0 Å². The number of benzene rings is 1. The van der Waals surface area contributed by atoms with Gasteiger partial charge < -0.3 is 10.1 Å². The Morgan fingerprint density at radius 2 is 2.25 bits per heavy atom. The summed E-state index contributed by atoms with van der Waals surface area (Å²) in [5, 5.41) is 2.70. The number of nitrogens with one attached hydrogen (secondary N) is 1. The number of esters is 1. The van der Waals surface area contributed by atoms with Crippen LogP contribution in [0.4, 0.5) is 4.39 Å². The number of amides is 1. The van der Waals surface area contributed by atoms with E-state index in [0.29, 0.717) is 29.7 Å². The van der Waals surface area contributed by atoms with Crippen LogP contribution in [0.1, 0.15) is 37.8 Å². The van der Waals surface area contributed by atoms with E-state index in [1.165, 1.54) is 6.07 Å². The molecule has 0 bridgehead atoms. The lowest BCUT2D eigenvalue weighted by Gasteiger charge is -2.37. The number of halogens is 1. The van der Waals surface area contributed by atoms with E-state index in [-0.39, 0.29) is 18.3 Å². The van der Waals surface area contributed by atoms with Crippen LogP contribution >= 0.6 is 0 Å². The molecule has 1 N–H and O–H groups in total. The highest BCUT2D eigenvalue weighted by Gasteiger charge is 2.56. The van der Waals surface area contributed by atoms with Crippen molar-refractivity contribution in [2.24, 2.45) is 15.9 Å². The zero-order valence-electron chi connectivity index (χ0n) is 16.3. The lowest BCUT2D eigenvalue weighted by molar-refractivity contribution is -0.155. The topological polar surface area (TPSA) is 80.1 Å². The number of carbonyl (C=O) groups excluding carboxylic acids is 2. The van der Waals surface area contributed by atoms with Gasteiger partial charge in [0.05, 0.1) is 12.3 Å². The van der Waals surface area contributed by atoms with Crippen molar-refractivity contribution >= 4 is 23.4 Å². The second-order valence-electron chi connectivity index (χ2n) is 6.74. The Kier molecular flexibility index (Phi) is 5.72. The quantitative estimate of drug-likeness (QED) is 0.481. The minimum Gasteiger partial charge on any atom is -0.465 e. The molecule has 1 aliphatic heterocycles. The summed E-state index contributed by atoms with van der Waals surface area (Å²) < 4.78 is 19.6. The highest BCUT2D eigenvalue weighted by Crippen LogP contribution is 2.48. The Bertz CT molecular complexity index is 891. The number of rotatable bonds is 5. The molecule has 28 heavy (non-hydrogen) atoms. The van der Waals surface area contributed by atoms with Crippen molar-refractivity contribution in [1.29, 1.82) is 0 Å². The number of hydrogen-bond donors (Lipinski definition) is 1. The molecule has 0 saturated heterocycles. The molecule has 2 aliphatic rings. The third-order valence-electron chi connectivity index (χ3n) is 5.15. The first-order valence-electron chi connectivity index (χ1n) is 9.47. The number of allylic oxidation sites excluding steroid dienone is 1. The van der Waals surface area contributed by atoms with Crippen LogP contribution in [-0.4, -0.2) is 37.1 Å². The van der Waals surface area contributed by atoms with Crippen molar-refractivity contribution in [3.8, 4) is 0 Å². The normalized spacial score (nSPS) is 24.3. The van der Waals surface area contributed by atoms with Gasteiger partial charge in [0.2, 0.25) is 5.91 Å². The van der Waals surface area contributed by atoms with Gasteiger partial charge in [-0.2, -0.15) is 0 Å². The van der Waals surface area contributed by atoms with E-state index in [2.05, 4.69) is 10.3 Å². The molecule has 0 aromatic heterocycles. The van der Waals surface area contributed by atoms with Crippen LogP contribution < -0.4 is 5.32 Å². The first-order valence-corrected chi connectivity index (χ1v) is 9.47. The van der Waals surface area contributed by atoms with Gasteiger partial charge in [-0.15, -0.1) is 0 Å².